The van der Waals surface area contributed by atoms with Crippen molar-refractivity contribution >= 4 is 21.7 Å². The van der Waals surface area contributed by atoms with Crippen molar-refractivity contribution in [3.05, 3.63) is 60.2 Å². The van der Waals surface area contributed by atoms with Crippen molar-refractivity contribution < 1.29 is 18.3 Å². The molecular formula is C13H10NO4S-. The fraction of sp³-hybridized carbons (Fsp3) is 0. The predicted octanol–water partition coefficient (Wildman–Crippen LogP) is 0.851. The van der Waals surface area contributed by atoms with Gasteiger partial charge in [-0.2, -0.15) is 0 Å². The maximum atomic E-state index is 12.1. The number of hydrogen-bond donors (Lipinski definition) is 1. The number of carbonyl (C=O) groups is 1. The molecule has 0 saturated carbocycles. The molecule has 0 aromatic heterocycles. The third-order valence-electron chi connectivity index (χ3n) is 2.41. The quantitative estimate of drug-likeness (QED) is 0.897. The zero-order chi connectivity index (χ0) is 13.9. The van der Waals surface area contributed by atoms with E-state index in [1.165, 1.54) is 18.2 Å². The summed E-state index contributed by atoms with van der Waals surface area (Å²) < 4.78 is 26.5. The Hall–Kier alpha value is -2.34. The molecule has 0 spiro atoms. The van der Waals surface area contributed by atoms with Crippen LogP contribution in [0.4, 0.5) is 5.69 Å². The number of sulfonamides is 1. The zero-order valence-electron chi connectivity index (χ0n) is 9.74. The number of rotatable bonds is 4. The van der Waals surface area contributed by atoms with Gasteiger partial charge in [0.2, 0.25) is 0 Å². The molecule has 2 aromatic carbocycles. The summed E-state index contributed by atoms with van der Waals surface area (Å²) in [6.45, 7) is 0. The van der Waals surface area contributed by atoms with Crippen LogP contribution in [0, 0.1) is 0 Å². The van der Waals surface area contributed by atoms with E-state index in [2.05, 4.69) is 4.72 Å². The first-order chi connectivity index (χ1) is 8.99. The molecule has 19 heavy (non-hydrogen) atoms. The molecule has 1 N–H and O–H groups in total. The molecule has 2 rings (SSSR count). The Morgan fingerprint density at radius 3 is 2.32 bits per heavy atom. The number of para-hydroxylation sites is 1. The number of carbonyl (C=O) groups excluding carboxylic acids is 1. The molecule has 0 unspecified atom stereocenters. The largest absolute Gasteiger partial charge is 0.545 e. The highest BCUT2D eigenvalue weighted by molar-refractivity contribution is 7.92. The molecule has 0 heterocycles. The number of nitrogens with one attached hydrogen (secondary N) is 1. The van der Waals surface area contributed by atoms with Crippen molar-refractivity contribution in [3.63, 3.8) is 0 Å². The Bertz CT molecular complexity index is 696. The second kappa shape index (κ2) is 5.11. The smallest absolute Gasteiger partial charge is 0.261 e. The summed E-state index contributed by atoms with van der Waals surface area (Å²) in [5.41, 5.74) is 0.220. The number of hydrogen-bond acceptors (Lipinski definition) is 4. The summed E-state index contributed by atoms with van der Waals surface area (Å²) in [5.74, 6) is -1.42. The Morgan fingerprint density at radius 2 is 1.68 bits per heavy atom. The second-order valence-corrected chi connectivity index (χ2v) is 5.47. The maximum Gasteiger partial charge on any atom is 0.261 e. The van der Waals surface area contributed by atoms with E-state index in [0.717, 1.165) is 6.07 Å². The highest BCUT2D eigenvalue weighted by atomic mass is 32.2. The summed E-state index contributed by atoms with van der Waals surface area (Å²) >= 11 is 0. The van der Waals surface area contributed by atoms with Gasteiger partial charge in [0.1, 0.15) is 0 Å². The van der Waals surface area contributed by atoms with Gasteiger partial charge in [-0.25, -0.2) is 8.42 Å². The Morgan fingerprint density at radius 1 is 1.00 bits per heavy atom. The van der Waals surface area contributed by atoms with Crippen LogP contribution in [-0.4, -0.2) is 14.4 Å². The molecule has 0 amide bonds. The van der Waals surface area contributed by atoms with Crippen molar-refractivity contribution in [3.8, 4) is 0 Å². The van der Waals surface area contributed by atoms with Gasteiger partial charge in [0, 0.05) is 5.69 Å². The minimum absolute atomic E-state index is 0.127. The Kier molecular flexibility index (Phi) is 3.52. The first kappa shape index (κ1) is 13.1. The first-order valence-corrected chi connectivity index (χ1v) is 6.87. The normalized spacial score (nSPS) is 10.9. The van der Waals surface area contributed by atoms with E-state index in [1.807, 2.05) is 0 Å². The number of benzene rings is 2. The topological polar surface area (TPSA) is 86.3 Å². The molecule has 0 saturated heterocycles. The Balaban J connectivity index is 2.35. The SMILES string of the molecule is O=C([O-])c1cccc(S(=O)(=O)Nc2ccccc2)c1. The molecule has 5 nitrogen and oxygen atoms in total. The molecule has 0 bridgehead atoms. The van der Waals surface area contributed by atoms with Crippen molar-refractivity contribution in [2.24, 2.45) is 0 Å². The van der Waals surface area contributed by atoms with Crippen LogP contribution < -0.4 is 9.83 Å². The van der Waals surface area contributed by atoms with Crippen LogP contribution >= 0.6 is 0 Å². The fourth-order valence-electron chi connectivity index (χ4n) is 1.51. The molecule has 0 aliphatic carbocycles. The van der Waals surface area contributed by atoms with Crippen molar-refractivity contribution in [1.29, 1.82) is 0 Å². The number of carboxylic acids is 1. The molecule has 2 aromatic rings. The summed E-state index contributed by atoms with van der Waals surface area (Å²) in [6, 6.07) is 13.3. The lowest BCUT2D eigenvalue weighted by Gasteiger charge is -2.09. The highest BCUT2D eigenvalue weighted by Crippen LogP contribution is 2.16. The van der Waals surface area contributed by atoms with Gasteiger partial charge >= 0.3 is 0 Å². The van der Waals surface area contributed by atoms with Gasteiger partial charge in [-0.3, -0.25) is 4.72 Å². The van der Waals surface area contributed by atoms with Crippen molar-refractivity contribution in [2.75, 3.05) is 4.72 Å². The fourth-order valence-corrected chi connectivity index (χ4v) is 2.61. The number of carboxylic acid groups (broad SMARTS) is 1. The van der Waals surface area contributed by atoms with E-state index in [-0.39, 0.29) is 10.5 Å². The molecule has 98 valence electrons. The highest BCUT2D eigenvalue weighted by Gasteiger charge is 2.14. The Labute approximate surface area is 110 Å². The van der Waals surface area contributed by atoms with Gasteiger partial charge in [-0.15, -0.1) is 0 Å². The van der Waals surface area contributed by atoms with E-state index in [9.17, 15) is 18.3 Å². The van der Waals surface area contributed by atoms with E-state index < -0.39 is 16.0 Å². The van der Waals surface area contributed by atoms with E-state index in [4.69, 9.17) is 0 Å². The van der Waals surface area contributed by atoms with Crippen LogP contribution in [-0.2, 0) is 10.0 Å². The lowest BCUT2D eigenvalue weighted by Crippen LogP contribution is -2.23. The van der Waals surface area contributed by atoms with Gasteiger partial charge in [0.15, 0.2) is 0 Å². The summed E-state index contributed by atoms with van der Waals surface area (Å²) in [6.07, 6.45) is 0. The lowest BCUT2D eigenvalue weighted by atomic mass is 10.2. The van der Waals surface area contributed by atoms with E-state index >= 15 is 0 Å². The summed E-state index contributed by atoms with van der Waals surface area (Å²) in [4.78, 5) is 10.6. The zero-order valence-corrected chi connectivity index (χ0v) is 10.6. The number of anilines is 1. The van der Waals surface area contributed by atoms with E-state index in [0.29, 0.717) is 5.69 Å². The average molecular weight is 276 g/mol. The molecule has 0 aliphatic heterocycles. The minimum atomic E-state index is -3.81. The summed E-state index contributed by atoms with van der Waals surface area (Å²) in [7, 11) is -3.81. The summed E-state index contributed by atoms with van der Waals surface area (Å²) in [5, 5.41) is 10.7. The van der Waals surface area contributed by atoms with Crippen LogP contribution in [0.1, 0.15) is 10.4 Å². The third-order valence-corrected chi connectivity index (χ3v) is 3.79. The van der Waals surface area contributed by atoms with Crippen LogP contribution in [0.5, 0.6) is 0 Å². The van der Waals surface area contributed by atoms with Crippen LogP contribution in [0.15, 0.2) is 59.5 Å². The van der Waals surface area contributed by atoms with Gasteiger partial charge < -0.3 is 9.90 Å². The van der Waals surface area contributed by atoms with E-state index in [1.54, 1.807) is 30.3 Å². The molecular weight excluding hydrogens is 266 g/mol. The minimum Gasteiger partial charge on any atom is -0.545 e. The standard InChI is InChI=1S/C13H11NO4S/c15-13(16)10-5-4-8-12(9-10)19(17,18)14-11-6-2-1-3-7-11/h1-9,14H,(H,15,16)/p-1. The van der Waals surface area contributed by atoms with Crippen LogP contribution in [0.3, 0.4) is 0 Å². The van der Waals surface area contributed by atoms with Crippen LogP contribution in [0.2, 0.25) is 0 Å². The molecule has 0 atom stereocenters. The van der Waals surface area contributed by atoms with Crippen molar-refractivity contribution in [1.82, 2.24) is 0 Å². The molecule has 6 heteroatoms. The molecule has 0 fully saturated rings. The van der Waals surface area contributed by atoms with Gasteiger partial charge in [0.25, 0.3) is 10.0 Å². The monoisotopic (exact) mass is 276 g/mol. The molecule has 0 radical (unpaired) electrons. The predicted molar refractivity (Wildman–Crippen MR) is 68.0 cm³/mol. The van der Waals surface area contributed by atoms with Gasteiger partial charge in [0.05, 0.1) is 10.9 Å². The van der Waals surface area contributed by atoms with Gasteiger partial charge in [-0.05, 0) is 29.8 Å². The van der Waals surface area contributed by atoms with Crippen molar-refractivity contribution in [2.45, 2.75) is 4.90 Å². The first-order valence-electron chi connectivity index (χ1n) is 5.38. The van der Waals surface area contributed by atoms with Gasteiger partial charge in [-0.1, -0.05) is 30.3 Å². The third kappa shape index (κ3) is 3.11. The second-order valence-electron chi connectivity index (χ2n) is 3.79. The maximum absolute atomic E-state index is 12.1. The average Bonchev–Trinajstić information content (AvgIpc) is 2.39. The lowest BCUT2D eigenvalue weighted by molar-refractivity contribution is -0.255. The molecule has 0 aliphatic rings. The number of aromatic carboxylic acids is 1. The van der Waals surface area contributed by atoms with Crippen LogP contribution in [0.25, 0.3) is 0 Å².